The highest BCUT2D eigenvalue weighted by atomic mass is 35.5. The van der Waals surface area contributed by atoms with Gasteiger partial charge in [0.25, 0.3) is 0 Å². The summed E-state index contributed by atoms with van der Waals surface area (Å²) in [7, 11) is 0. The van der Waals surface area contributed by atoms with Crippen LogP contribution in [0.3, 0.4) is 0 Å². The lowest BCUT2D eigenvalue weighted by atomic mass is 10.3. The second kappa shape index (κ2) is 7.19. The third-order valence-electron chi connectivity index (χ3n) is 1.85. The molecule has 0 fully saturated rings. The number of nitrogens with one attached hydrogen (secondary N) is 1. The van der Waals surface area contributed by atoms with Crippen LogP contribution in [0.5, 0.6) is 0 Å². The molecular formula is C11H13ClN2O2S. The zero-order chi connectivity index (χ0) is 12.7. The molecule has 3 N–H and O–H groups in total. The number of anilines is 1. The van der Waals surface area contributed by atoms with Crippen LogP contribution in [0, 0.1) is 0 Å². The summed E-state index contributed by atoms with van der Waals surface area (Å²) in [6, 6.07) is 6.88. The number of carbonyl (C=O) groups excluding carboxylic acids is 2. The molecule has 0 atom stereocenters. The summed E-state index contributed by atoms with van der Waals surface area (Å²) in [5.74, 6) is 0.355. The fraction of sp³-hybridized carbons (Fsp3) is 0.273. The molecule has 2 amide bonds. The van der Waals surface area contributed by atoms with E-state index >= 15 is 0 Å². The fourth-order valence-electron chi connectivity index (χ4n) is 1.09. The van der Waals surface area contributed by atoms with E-state index in [9.17, 15) is 9.59 Å². The number of amides is 2. The van der Waals surface area contributed by atoms with Crippen molar-refractivity contribution in [2.75, 3.05) is 16.8 Å². The highest BCUT2D eigenvalue weighted by Gasteiger charge is 2.03. The molecule has 0 aromatic heterocycles. The molecule has 17 heavy (non-hydrogen) atoms. The van der Waals surface area contributed by atoms with Gasteiger partial charge in [0.2, 0.25) is 11.8 Å². The van der Waals surface area contributed by atoms with E-state index in [0.29, 0.717) is 22.9 Å². The topological polar surface area (TPSA) is 72.2 Å². The summed E-state index contributed by atoms with van der Waals surface area (Å²) in [5.41, 5.74) is 5.68. The normalized spacial score (nSPS) is 9.94. The first-order valence-corrected chi connectivity index (χ1v) is 6.52. The average molecular weight is 273 g/mol. The molecule has 0 aliphatic carbocycles. The number of thioether (sulfide) groups is 1. The van der Waals surface area contributed by atoms with Crippen molar-refractivity contribution in [2.45, 2.75) is 6.42 Å². The van der Waals surface area contributed by atoms with Crippen LogP contribution in [0.2, 0.25) is 5.02 Å². The van der Waals surface area contributed by atoms with Crippen molar-refractivity contribution in [3.8, 4) is 0 Å². The Morgan fingerprint density at radius 2 is 1.94 bits per heavy atom. The molecule has 92 valence electrons. The Hall–Kier alpha value is -1.20. The van der Waals surface area contributed by atoms with Crippen LogP contribution in [-0.2, 0) is 9.59 Å². The van der Waals surface area contributed by atoms with Gasteiger partial charge in [-0.1, -0.05) is 11.6 Å². The number of primary amides is 1. The summed E-state index contributed by atoms with van der Waals surface area (Å²) in [5, 5.41) is 3.36. The van der Waals surface area contributed by atoms with Gasteiger partial charge in [-0.05, 0) is 24.3 Å². The summed E-state index contributed by atoms with van der Waals surface area (Å²) in [6.45, 7) is 0. The highest BCUT2D eigenvalue weighted by molar-refractivity contribution is 7.99. The third-order valence-corrected chi connectivity index (χ3v) is 3.08. The lowest BCUT2D eigenvalue weighted by Gasteiger charge is -2.04. The number of hydrogen-bond acceptors (Lipinski definition) is 3. The van der Waals surface area contributed by atoms with Crippen LogP contribution in [0.1, 0.15) is 6.42 Å². The third kappa shape index (κ3) is 6.19. The molecule has 0 aliphatic heterocycles. The van der Waals surface area contributed by atoms with E-state index in [1.54, 1.807) is 24.3 Å². The second-order valence-corrected chi connectivity index (χ2v) is 4.87. The van der Waals surface area contributed by atoms with Crippen LogP contribution >= 0.6 is 23.4 Å². The van der Waals surface area contributed by atoms with E-state index in [-0.39, 0.29) is 17.6 Å². The summed E-state index contributed by atoms with van der Waals surface area (Å²) in [4.78, 5) is 21.9. The van der Waals surface area contributed by atoms with Crippen molar-refractivity contribution >= 4 is 40.9 Å². The molecule has 6 heteroatoms. The van der Waals surface area contributed by atoms with Gasteiger partial charge in [-0.2, -0.15) is 11.8 Å². The summed E-state index contributed by atoms with van der Waals surface area (Å²) in [6.07, 6.45) is 0.348. The highest BCUT2D eigenvalue weighted by Crippen LogP contribution is 2.13. The largest absolute Gasteiger partial charge is 0.369 e. The minimum absolute atomic E-state index is 0.0932. The first-order valence-electron chi connectivity index (χ1n) is 4.99. The Kier molecular flexibility index (Phi) is 5.86. The maximum Gasteiger partial charge on any atom is 0.227 e. The van der Waals surface area contributed by atoms with E-state index in [2.05, 4.69) is 5.32 Å². The number of benzene rings is 1. The molecule has 0 unspecified atom stereocenters. The first-order chi connectivity index (χ1) is 8.08. The predicted molar refractivity (Wildman–Crippen MR) is 71.2 cm³/mol. The van der Waals surface area contributed by atoms with Gasteiger partial charge in [0.1, 0.15) is 0 Å². The quantitative estimate of drug-likeness (QED) is 0.777. The Bertz CT molecular complexity index is 395. The van der Waals surface area contributed by atoms with Gasteiger partial charge >= 0.3 is 0 Å². The van der Waals surface area contributed by atoms with Crippen LogP contribution in [0.4, 0.5) is 5.69 Å². The second-order valence-electron chi connectivity index (χ2n) is 3.32. The Morgan fingerprint density at radius 3 is 2.53 bits per heavy atom. The zero-order valence-electron chi connectivity index (χ0n) is 9.11. The molecule has 4 nitrogen and oxygen atoms in total. The van der Waals surface area contributed by atoms with Crippen molar-refractivity contribution in [3.05, 3.63) is 29.3 Å². The van der Waals surface area contributed by atoms with E-state index < -0.39 is 0 Å². The molecule has 0 aliphatic rings. The van der Waals surface area contributed by atoms with Gasteiger partial charge in [0, 0.05) is 22.9 Å². The number of halogens is 1. The summed E-state index contributed by atoms with van der Waals surface area (Å²) < 4.78 is 0. The maximum atomic E-state index is 11.5. The smallest absolute Gasteiger partial charge is 0.227 e. The van der Waals surface area contributed by atoms with Crippen LogP contribution in [0.15, 0.2) is 24.3 Å². The molecule has 0 saturated carbocycles. The number of rotatable bonds is 6. The lowest BCUT2D eigenvalue weighted by molar-refractivity contribution is -0.116. The molecule has 0 bridgehead atoms. The van der Waals surface area contributed by atoms with Gasteiger partial charge < -0.3 is 11.1 Å². The molecule has 0 saturated heterocycles. The van der Waals surface area contributed by atoms with E-state index in [0.717, 1.165) is 0 Å². The molecule has 0 heterocycles. The monoisotopic (exact) mass is 272 g/mol. The molecule has 1 rings (SSSR count). The molecule has 0 spiro atoms. The molecule has 1 aromatic carbocycles. The van der Waals surface area contributed by atoms with Crippen LogP contribution in [0.25, 0.3) is 0 Å². The van der Waals surface area contributed by atoms with E-state index in [1.165, 1.54) is 11.8 Å². The average Bonchev–Trinajstić information content (AvgIpc) is 2.27. The fourth-order valence-corrected chi connectivity index (χ4v) is 1.90. The Labute approximate surface area is 109 Å². The lowest BCUT2D eigenvalue weighted by Crippen LogP contribution is -2.15. The van der Waals surface area contributed by atoms with Crippen molar-refractivity contribution in [1.82, 2.24) is 0 Å². The number of carbonyl (C=O) groups is 2. The first kappa shape index (κ1) is 13.9. The van der Waals surface area contributed by atoms with Gasteiger partial charge in [0.15, 0.2) is 0 Å². The van der Waals surface area contributed by atoms with Gasteiger partial charge in [0.05, 0.1) is 5.75 Å². The van der Waals surface area contributed by atoms with Crippen molar-refractivity contribution < 1.29 is 9.59 Å². The maximum absolute atomic E-state index is 11.5. The Balaban J connectivity index is 2.25. The summed E-state index contributed by atoms with van der Waals surface area (Å²) >= 11 is 7.07. The zero-order valence-corrected chi connectivity index (χ0v) is 10.7. The SMILES string of the molecule is NC(=O)CSCCC(=O)Nc1ccc(Cl)cc1. The van der Waals surface area contributed by atoms with Gasteiger partial charge in [-0.3, -0.25) is 9.59 Å². The number of hydrogen-bond donors (Lipinski definition) is 2. The standard InChI is InChI=1S/C11H13ClN2O2S/c12-8-1-3-9(4-2-8)14-11(16)5-6-17-7-10(13)15/h1-4H,5-7H2,(H2,13,15)(H,14,16). The molecule has 0 radical (unpaired) electrons. The molecular weight excluding hydrogens is 260 g/mol. The van der Waals surface area contributed by atoms with Crippen molar-refractivity contribution in [3.63, 3.8) is 0 Å². The van der Waals surface area contributed by atoms with Crippen LogP contribution in [-0.4, -0.2) is 23.3 Å². The van der Waals surface area contributed by atoms with Crippen molar-refractivity contribution in [1.29, 1.82) is 0 Å². The van der Waals surface area contributed by atoms with Crippen LogP contribution < -0.4 is 11.1 Å². The van der Waals surface area contributed by atoms with Crippen molar-refractivity contribution in [2.24, 2.45) is 5.73 Å². The number of nitrogens with two attached hydrogens (primary N) is 1. The van der Waals surface area contributed by atoms with Gasteiger partial charge in [-0.25, -0.2) is 0 Å². The molecule has 1 aromatic rings. The minimum Gasteiger partial charge on any atom is -0.369 e. The van der Waals surface area contributed by atoms with E-state index in [1.807, 2.05) is 0 Å². The minimum atomic E-state index is -0.367. The van der Waals surface area contributed by atoms with Gasteiger partial charge in [-0.15, -0.1) is 0 Å². The predicted octanol–water partition coefficient (Wildman–Crippen LogP) is 1.89. The van der Waals surface area contributed by atoms with E-state index in [4.69, 9.17) is 17.3 Å². The Morgan fingerprint density at radius 1 is 1.29 bits per heavy atom.